The Labute approximate surface area is 91.2 Å². The van der Waals surface area contributed by atoms with Gasteiger partial charge in [-0.2, -0.15) is 5.26 Å². The number of thiazole rings is 1. The number of hydrogen-bond donors (Lipinski definition) is 0. The van der Waals surface area contributed by atoms with Gasteiger partial charge in [0.15, 0.2) is 0 Å². The molecule has 0 saturated heterocycles. The number of aromatic nitrogens is 1. The molecular formula is C11H10N2OS. The predicted octanol–water partition coefficient (Wildman–Crippen LogP) is 2.22. The molecule has 2 rings (SSSR count). The van der Waals surface area contributed by atoms with Crippen LogP contribution in [0, 0.1) is 17.2 Å². The van der Waals surface area contributed by atoms with Crippen molar-refractivity contribution in [3.05, 3.63) is 33.9 Å². The lowest BCUT2D eigenvalue weighted by Gasteiger charge is -2.03. The number of para-hydroxylation sites is 1. The Hall–Kier alpha value is -1.60. The highest BCUT2D eigenvalue weighted by Gasteiger charge is 2.09. The van der Waals surface area contributed by atoms with E-state index in [4.69, 9.17) is 5.26 Å². The highest BCUT2D eigenvalue weighted by Crippen LogP contribution is 2.17. The summed E-state index contributed by atoms with van der Waals surface area (Å²) in [5.41, 5.74) is 0.926. The minimum Gasteiger partial charge on any atom is -0.297 e. The van der Waals surface area contributed by atoms with Crippen molar-refractivity contribution in [1.29, 1.82) is 5.26 Å². The van der Waals surface area contributed by atoms with Crippen molar-refractivity contribution in [3.63, 3.8) is 0 Å². The summed E-state index contributed by atoms with van der Waals surface area (Å²) in [5, 5.41) is 8.73. The molecule has 0 bridgehead atoms. The van der Waals surface area contributed by atoms with Crippen LogP contribution in [0.25, 0.3) is 10.2 Å². The molecule has 4 heteroatoms. The van der Waals surface area contributed by atoms with E-state index in [0.29, 0.717) is 6.54 Å². The SMILES string of the molecule is CC(C#N)Cn1c(=O)sc2ccccc21. The smallest absolute Gasteiger partial charge is 0.297 e. The zero-order valence-electron chi connectivity index (χ0n) is 8.30. The minimum absolute atomic E-state index is 0.0123. The van der Waals surface area contributed by atoms with E-state index in [2.05, 4.69) is 6.07 Å². The zero-order chi connectivity index (χ0) is 10.8. The first-order valence-electron chi connectivity index (χ1n) is 4.70. The first kappa shape index (κ1) is 9.94. The second-order valence-corrected chi connectivity index (χ2v) is 4.47. The van der Waals surface area contributed by atoms with Crippen molar-refractivity contribution < 1.29 is 0 Å². The molecule has 1 atom stereocenters. The standard InChI is InChI=1S/C11H10N2OS/c1-8(6-12)7-13-9-4-2-3-5-10(9)15-11(13)14/h2-5,8H,7H2,1H3. The molecule has 0 fully saturated rings. The zero-order valence-corrected chi connectivity index (χ0v) is 9.12. The summed E-state index contributed by atoms with van der Waals surface area (Å²) in [7, 11) is 0. The highest BCUT2D eigenvalue weighted by molar-refractivity contribution is 7.16. The van der Waals surface area contributed by atoms with E-state index in [-0.39, 0.29) is 10.8 Å². The van der Waals surface area contributed by atoms with Crippen molar-refractivity contribution in [2.45, 2.75) is 13.5 Å². The van der Waals surface area contributed by atoms with Gasteiger partial charge in [0.1, 0.15) is 0 Å². The Morgan fingerprint density at radius 3 is 3.00 bits per heavy atom. The second-order valence-electron chi connectivity index (χ2n) is 3.48. The monoisotopic (exact) mass is 218 g/mol. The summed E-state index contributed by atoms with van der Waals surface area (Å²) in [6.07, 6.45) is 0. The molecule has 0 aliphatic rings. The molecule has 1 aromatic carbocycles. The Balaban J connectivity index is 2.55. The third-order valence-corrected chi connectivity index (χ3v) is 3.21. The Bertz CT molecular complexity index is 576. The summed E-state index contributed by atoms with van der Waals surface area (Å²) in [6, 6.07) is 9.80. The van der Waals surface area contributed by atoms with Crippen molar-refractivity contribution >= 4 is 21.6 Å². The van der Waals surface area contributed by atoms with Gasteiger partial charge in [-0.1, -0.05) is 23.5 Å². The molecule has 0 spiro atoms. The number of nitrogens with zero attached hydrogens (tertiary/aromatic N) is 2. The Kier molecular flexibility index (Phi) is 2.57. The van der Waals surface area contributed by atoms with Gasteiger partial charge in [-0.05, 0) is 19.1 Å². The van der Waals surface area contributed by atoms with Crippen LogP contribution in [0.2, 0.25) is 0 Å². The maximum atomic E-state index is 11.7. The lowest BCUT2D eigenvalue weighted by Crippen LogP contribution is -2.16. The molecule has 15 heavy (non-hydrogen) atoms. The first-order valence-corrected chi connectivity index (χ1v) is 5.52. The van der Waals surface area contributed by atoms with Gasteiger partial charge < -0.3 is 0 Å². The van der Waals surface area contributed by atoms with Gasteiger partial charge in [0, 0.05) is 6.54 Å². The van der Waals surface area contributed by atoms with Gasteiger partial charge in [-0.15, -0.1) is 0 Å². The number of nitriles is 1. The quantitative estimate of drug-likeness (QED) is 0.775. The molecule has 0 radical (unpaired) electrons. The van der Waals surface area contributed by atoms with Crippen LogP contribution in [0.5, 0.6) is 0 Å². The van der Waals surface area contributed by atoms with Crippen molar-refractivity contribution in [2.75, 3.05) is 0 Å². The molecule has 0 aliphatic heterocycles. The van der Waals surface area contributed by atoms with Gasteiger partial charge >= 0.3 is 4.87 Å². The number of rotatable bonds is 2. The Morgan fingerprint density at radius 2 is 2.27 bits per heavy atom. The second kappa shape index (κ2) is 3.87. The summed E-state index contributed by atoms with van der Waals surface area (Å²) in [6.45, 7) is 2.29. The molecule has 0 aliphatic carbocycles. The topological polar surface area (TPSA) is 45.8 Å². The molecular weight excluding hydrogens is 208 g/mol. The fourth-order valence-corrected chi connectivity index (χ4v) is 2.40. The minimum atomic E-state index is -0.138. The van der Waals surface area contributed by atoms with Gasteiger partial charge in [-0.25, -0.2) is 0 Å². The van der Waals surface area contributed by atoms with E-state index >= 15 is 0 Å². The molecule has 3 nitrogen and oxygen atoms in total. The van der Waals surface area contributed by atoms with Gasteiger partial charge in [-0.3, -0.25) is 9.36 Å². The van der Waals surface area contributed by atoms with E-state index in [9.17, 15) is 4.79 Å². The van der Waals surface area contributed by atoms with Crippen molar-refractivity contribution in [2.24, 2.45) is 5.92 Å². The van der Waals surface area contributed by atoms with E-state index in [1.54, 1.807) is 4.57 Å². The maximum absolute atomic E-state index is 11.7. The van der Waals surface area contributed by atoms with Crippen LogP contribution < -0.4 is 4.87 Å². The summed E-state index contributed by atoms with van der Waals surface area (Å²) < 4.78 is 2.65. The van der Waals surface area contributed by atoms with Crippen LogP contribution in [0.1, 0.15) is 6.92 Å². The van der Waals surface area contributed by atoms with Gasteiger partial charge in [0.2, 0.25) is 0 Å². The van der Waals surface area contributed by atoms with Crippen LogP contribution in [-0.4, -0.2) is 4.57 Å². The van der Waals surface area contributed by atoms with Crippen LogP contribution in [0.4, 0.5) is 0 Å². The van der Waals surface area contributed by atoms with Gasteiger partial charge in [0.25, 0.3) is 0 Å². The average molecular weight is 218 g/mol. The van der Waals surface area contributed by atoms with Crippen molar-refractivity contribution in [1.82, 2.24) is 4.57 Å². The van der Waals surface area contributed by atoms with Crippen LogP contribution in [0.15, 0.2) is 29.1 Å². The molecule has 1 heterocycles. The molecule has 0 saturated carbocycles. The lowest BCUT2D eigenvalue weighted by atomic mass is 10.2. The largest absolute Gasteiger partial charge is 0.308 e. The first-order chi connectivity index (χ1) is 7.22. The van der Waals surface area contributed by atoms with E-state index < -0.39 is 0 Å². The molecule has 1 aromatic heterocycles. The number of benzene rings is 1. The molecule has 1 unspecified atom stereocenters. The van der Waals surface area contributed by atoms with Gasteiger partial charge in [0.05, 0.1) is 22.2 Å². The summed E-state index contributed by atoms with van der Waals surface area (Å²) in [4.78, 5) is 11.7. The van der Waals surface area contributed by atoms with Crippen LogP contribution in [-0.2, 0) is 6.54 Å². The highest BCUT2D eigenvalue weighted by atomic mass is 32.1. The maximum Gasteiger partial charge on any atom is 0.308 e. The van der Waals surface area contributed by atoms with Crippen LogP contribution >= 0.6 is 11.3 Å². The fraction of sp³-hybridized carbons (Fsp3) is 0.273. The Morgan fingerprint density at radius 1 is 1.53 bits per heavy atom. The predicted molar refractivity (Wildman–Crippen MR) is 60.9 cm³/mol. The summed E-state index contributed by atoms with van der Waals surface area (Å²) in [5.74, 6) is -0.138. The van der Waals surface area contributed by atoms with E-state index in [1.165, 1.54) is 11.3 Å². The summed E-state index contributed by atoms with van der Waals surface area (Å²) >= 11 is 1.23. The molecule has 76 valence electrons. The molecule has 0 amide bonds. The number of hydrogen-bond acceptors (Lipinski definition) is 3. The normalized spacial score (nSPS) is 12.5. The van der Waals surface area contributed by atoms with Crippen molar-refractivity contribution in [3.8, 4) is 6.07 Å². The average Bonchev–Trinajstić information content (AvgIpc) is 2.55. The van der Waals surface area contributed by atoms with E-state index in [1.807, 2.05) is 31.2 Å². The number of fused-ring (bicyclic) bond motifs is 1. The lowest BCUT2D eigenvalue weighted by molar-refractivity contribution is 0.588. The van der Waals surface area contributed by atoms with Crippen LogP contribution in [0.3, 0.4) is 0 Å². The molecule has 2 aromatic rings. The molecule has 0 N–H and O–H groups in total. The third-order valence-electron chi connectivity index (χ3n) is 2.25. The third kappa shape index (κ3) is 1.79. The van der Waals surface area contributed by atoms with E-state index in [0.717, 1.165) is 10.2 Å². The fourth-order valence-electron chi connectivity index (χ4n) is 1.50.